The third-order valence-electron chi connectivity index (χ3n) is 4.47. The predicted octanol–water partition coefficient (Wildman–Crippen LogP) is 4.70. The van der Waals surface area contributed by atoms with Crippen molar-refractivity contribution in [3.63, 3.8) is 0 Å². The van der Waals surface area contributed by atoms with Crippen LogP contribution in [0, 0.1) is 5.92 Å². The number of rotatable bonds is 3. The van der Waals surface area contributed by atoms with E-state index in [-0.39, 0.29) is 7.92 Å². The number of benzene rings is 2. The van der Waals surface area contributed by atoms with Crippen LogP contribution in [-0.2, 0) is 0 Å². The highest BCUT2D eigenvalue weighted by Crippen LogP contribution is 2.48. The normalized spacial score (nSPS) is 22.9. The van der Waals surface area contributed by atoms with Crippen molar-refractivity contribution < 1.29 is 0 Å². The van der Waals surface area contributed by atoms with Gasteiger partial charge in [0.15, 0.2) is 0 Å². The smallest absolute Gasteiger partial charge is 0.0103 e. The van der Waals surface area contributed by atoms with Gasteiger partial charge in [0.25, 0.3) is 0 Å². The second kappa shape index (κ2) is 6.55. The summed E-state index contributed by atoms with van der Waals surface area (Å²) in [5.74, 6) is 0.857. The average molecular weight is 282 g/mol. The molecule has 2 aromatic carbocycles. The van der Waals surface area contributed by atoms with E-state index in [4.69, 9.17) is 0 Å². The second-order valence-corrected chi connectivity index (χ2v) is 8.31. The lowest BCUT2D eigenvalue weighted by atomic mass is 9.90. The molecule has 1 aliphatic rings. The number of hydrogen-bond acceptors (Lipinski definition) is 0. The van der Waals surface area contributed by atoms with E-state index in [2.05, 4.69) is 67.6 Å². The minimum absolute atomic E-state index is 0.208. The molecule has 0 bridgehead atoms. The van der Waals surface area contributed by atoms with E-state index >= 15 is 0 Å². The molecule has 1 heteroatoms. The third-order valence-corrected chi connectivity index (χ3v) is 7.61. The lowest BCUT2D eigenvalue weighted by molar-refractivity contribution is 0.395. The van der Waals surface area contributed by atoms with E-state index < -0.39 is 0 Å². The molecule has 0 aromatic heterocycles. The Morgan fingerprint density at radius 3 is 1.75 bits per heavy atom. The van der Waals surface area contributed by atoms with Gasteiger partial charge in [0.2, 0.25) is 0 Å². The zero-order valence-corrected chi connectivity index (χ0v) is 13.1. The Balaban J connectivity index is 1.99. The van der Waals surface area contributed by atoms with E-state index in [1.54, 1.807) is 10.6 Å². The van der Waals surface area contributed by atoms with Crippen molar-refractivity contribution in [2.45, 2.75) is 38.3 Å². The molecule has 0 aliphatic heterocycles. The van der Waals surface area contributed by atoms with Crippen molar-refractivity contribution in [3.05, 3.63) is 60.7 Å². The molecular formula is C19H23P. The molecule has 0 amide bonds. The fourth-order valence-corrected chi connectivity index (χ4v) is 6.54. The van der Waals surface area contributed by atoms with Crippen molar-refractivity contribution in [3.8, 4) is 0 Å². The summed E-state index contributed by atoms with van der Waals surface area (Å²) in [6.45, 7) is 2.46. The standard InChI is InChI=1S/C19H23P/c1-16-10-8-9-15-19(16)20(17-11-4-2-5-12-17)18-13-6-3-7-14-18/h2-7,11-14,16,19H,8-10,15H2,1H3/t16-,19-/m0/s1. The molecule has 1 saturated carbocycles. The molecule has 2 atom stereocenters. The zero-order valence-electron chi connectivity index (χ0n) is 12.2. The van der Waals surface area contributed by atoms with Crippen LogP contribution in [0.25, 0.3) is 0 Å². The Hall–Kier alpha value is -1.13. The molecule has 0 spiro atoms. The van der Waals surface area contributed by atoms with Crippen LogP contribution >= 0.6 is 7.92 Å². The van der Waals surface area contributed by atoms with Gasteiger partial charge in [0, 0.05) is 0 Å². The predicted molar refractivity (Wildman–Crippen MR) is 90.5 cm³/mol. The molecule has 0 unspecified atom stereocenters. The maximum Gasteiger partial charge on any atom is -0.0103 e. The Bertz CT molecular complexity index is 480. The summed E-state index contributed by atoms with van der Waals surface area (Å²) in [4.78, 5) is 0. The second-order valence-electron chi connectivity index (χ2n) is 5.87. The number of hydrogen-bond donors (Lipinski definition) is 0. The highest BCUT2D eigenvalue weighted by molar-refractivity contribution is 7.73. The maximum atomic E-state index is 2.46. The summed E-state index contributed by atoms with van der Waals surface area (Å²) in [5, 5.41) is 3.10. The summed E-state index contributed by atoms with van der Waals surface area (Å²) < 4.78 is 0. The first kappa shape index (κ1) is 13.8. The van der Waals surface area contributed by atoms with Crippen molar-refractivity contribution in [1.82, 2.24) is 0 Å². The van der Waals surface area contributed by atoms with E-state index in [9.17, 15) is 0 Å². The van der Waals surface area contributed by atoms with E-state index in [0.29, 0.717) is 0 Å². The molecular weight excluding hydrogens is 259 g/mol. The highest BCUT2D eigenvalue weighted by atomic mass is 31.1. The van der Waals surface area contributed by atoms with Gasteiger partial charge in [-0.25, -0.2) is 0 Å². The summed E-state index contributed by atoms with van der Waals surface area (Å²) in [5.41, 5.74) is 0.851. The van der Waals surface area contributed by atoms with Gasteiger partial charge in [0.05, 0.1) is 0 Å². The third kappa shape index (κ3) is 2.96. The monoisotopic (exact) mass is 282 g/mol. The van der Waals surface area contributed by atoms with Crippen LogP contribution < -0.4 is 10.6 Å². The topological polar surface area (TPSA) is 0 Å². The first-order chi connectivity index (χ1) is 9.86. The largest absolute Gasteiger partial charge is 0.0622 e. The average Bonchev–Trinajstić information content (AvgIpc) is 2.52. The fraction of sp³-hybridized carbons (Fsp3) is 0.368. The molecule has 1 fully saturated rings. The van der Waals surface area contributed by atoms with Crippen molar-refractivity contribution in [2.24, 2.45) is 5.92 Å². The van der Waals surface area contributed by atoms with Gasteiger partial charge < -0.3 is 0 Å². The summed E-state index contributed by atoms with van der Waals surface area (Å²) in [6, 6.07) is 22.4. The molecule has 0 nitrogen and oxygen atoms in total. The molecule has 20 heavy (non-hydrogen) atoms. The Morgan fingerprint density at radius 1 is 0.750 bits per heavy atom. The van der Waals surface area contributed by atoms with Crippen molar-refractivity contribution in [1.29, 1.82) is 0 Å². The zero-order chi connectivity index (χ0) is 13.8. The van der Waals surface area contributed by atoms with Gasteiger partial charge >= 0.3 is 0 Å². The molecule has 0 N–H and O–H groups in total. The molecule has 1 aliphatic carbocycles. The van der Waals surface area contributed by atoms with Crippen molar-refractivity contribution >= 4 is 18.5 Å². The van der Waals surface area contributed by atoms with Gasteiger partial charge in [-0.15, -0.1) is 0 Å². The van der Waals surface area contributed by atoms with Crippen LogP contribution in [-0.4, -0.2) is 5.66 Å². The van der Waals surface area contributed by atoms with Gasteiger partial charge in [-0.05, 0) is 36.5 Å². The van der Waals surface area contributed by atoms with E-state index in [1.807, 2.05) is 0 Å². The SMILES string of the molecule is C[C@H]1CCCC[C@@H]1P(c1ccccc1)c1ccccc1. The van der Waals surface area contributed by atoms with Crippen LogP contribution in [0.1, 0.15) is 32.6 Å². The summed E-state index contributed by atoms with van der Waals surface area (Å²) in [6.07, 6.45) is 5.64. The lowest BCUT2D eigenvalue weighted by Crippen LogP contribution is -2.29. The maximum absolute atomic E-state index is 2.46. The molecule has 0 heterocycles. The Kier molecular flexibility index (Phi) is 4.53. The summed E-state index contributed by atoms with van der Waals surface area (Å²) in [7, 11) is -0.208. The molecule has 3 rings (SSSR count). The minimum Gasteiger partial charge on any atom is -0.0622 e. The fourth-order valence-electron chi connectivity index (χ4n) is 3.39. The van der Waals surface area contributed by atoms with Gasteiger partial charge in [-0.1, -0.05) is 86.8 Å². The highest BCUT2D eigenvalue weighted by Gasteiger charge is 2.30. The quantitative estimate of drug-likeness (QED) is 0.716. The first-order valence-corrected chi connectivity index (χ1v) is 9.16. The van der Waals surface area contributed by atoms with Gasteiger partial charge in [-0.3, -0.25) is 0 Å². The van der Waals surface area contributed by atoms with Crippen LogP contribution in [0.4, 0.5) is 0 Å². The first-order valence-electron chi connectivity index (χ1n) is 7.75. The van der Waals surface area contributed by atoms with Crippen molar-refractivity contribution in [2.75, 3.05) is 0 Å². The van der Waals surface area contributed by atoms with Crippen LogP contribution in [0.15, 0.2) is 60.7 Å². The molecule has 2 aromatic rings. The van der Waals surface area contributed by atoms with Gasteiger partial charge in [-0.2, -0.15) is 0 Å². The van der Waals surface area contributed by atoms with Crippen LogP contribution in [0.2, 0.25) is 0 Å². The van der Waals surface area contributed by atoms with E-state index in [1.165, 1.54) is 25.7 Å². The molecule has 0 radical (unpaired) electrons. The Labute approximate surface area is 124 Å². The lowest BCUT2D eigenvalue weighted by Gasteiger charge is -2.36. The van der Waals surface area contributed by atoms with Crippen LogP contribution in [0.5, 0.6) is 0 Å². The van der Waals surface area contributed by atoms with Gasteiger partial charge in [0.1, 0.15) is 0 Å². The van der Waals surface area contributed by atoms with E-state index in [0.717, 1.165) is 11.6 Å². The van der Waals surface area contributed by atoms with Crippen LogP contribution in [0.3, 0.4) is 0 Å². The summed E-state index contributed by atoms with van der Waals surface area (Å²) >= 11 is 0. The minimum atomic E-state index is -0.208. The molecule has 0 saturated heterocycles. The molecule has 104 valence electrons. The Morgan fingerprint density at radius 2 is 1.25 bits per heavy atom.